The molecule has 43 heavy (non-hydrogen) atoms. The second kappa shape index (κ2) is 12.3. The van der Waals surface area contributed by atoms with Crippen LogP contribution < -0.4 is 19.7 Å². The largest absolute Gasteiger partial charge is 0.477 e. The lowest BCUT2D eigenvalue weighted by atomic mass is 10.0. The number of ether oxygens (including phenoxy) is 1. The number of hydrogen-bond acceptors (Lipinski definition) is 8. The second-order valence-corrected chi connectivity index (χ2v) is 12.8. The molecular formula is C30H38F3N7O2S. The van der Waals surface area contributed by atoms with Gasteiger partial charge in [-0.1, -0.05) is 13.2 Å². The van der Waals surface area contributed by atoms with E-state index in [0.717, 1.165) is 50.6 Å². The molecule has 2 N–H and O–H groups in total. The number of pyridine rings is 1. The fraction of sp³-hybridized carbons (Fsp3) is 0.533. The Bertz CT molecular complexity index is 1400. The zero-order valence-electron chi connectivity index (χ0n) is 24.5. The molecule has 1 atom stereocenters. The van der Waals surface area contributed by atoms with Gasteiger partial charge in [0.15, 0.2) is 5.82 Å². The molecule has 2 aliphatic heterocycles. The first-order valence-corrected chi connectivity index (χ1v) is 15.4. The molecule has 1 saturated carbocycles. The molecule has 2 fully saturated rings. The zero-order chi connectivity index (χ0) is 30.8. The second-order valence-electron chi connectivity index (χ2n) is 11.9. The highest BCUT2D eigenvalue weighted by atomic mass is 32.2. The molecule has 2 aromatic heterocycles. The van der Waals surface area contributed by atoms with Crippen molar-refractivity contribution in [2.75, 3.05) is 18.1 Å². The molecular weight excluding hydrogens is 579 g/mol. The van der Waals surface area contributed by atoms with Gasteiger partial charge in [0.1, 0.15) is 16.7 Å². The van der Waals surface area contributed by atoms with Crippen LogP contribution in [0.5, 0.6) is 5.88 Å². The van der Waals surface area contributed by atoms with Crippen molar-refractivity contribution in [1.82, 2.24) is 24.8 Å². The summed E-state index contributed by atoms with van der Waals surface area (Å²) in [6.45, 7) is 12.7. The Hall–Kier alpha value is -3.48. The van der Waals surface area contributed by atoms with E-state index >= 15 is 0 Å². The first-order chi connectivity index (χ1) is 20.4. The number of nitrogens with one attached hydrogen (secondary N) is 2. The number of amides is 1. The first kappa shape index (κ1) is 31.0. The number of halogens is 3. The predicted molar refractivity (Wildman–Crippen MR) is 162 cm³/mol. The number of alkyl halides is 3. The van der Waals surface area contributed by atoms with Gasteiger partial charge in [-0.25, -0.2) is 14.7 Å². The molecule has 5 rings (SSSR count). The molecule has 0 aromatic carbocycles. The van der Waals surface area contributed by atoms with Gasteiger partial charge in [-0.05, 0) is 83.4 Å². The Balaban J connectivity index is 1.42. The van der Waals surface area contributed by atoms with Gasteiger partial charge in [-0.15, -0.1) is 5.10 Å². The van der Waals surface area contributed by atoms with Crippen LogP contribution in [0.4, 0.5) is 19.0 Å². The van der Waals surface area contributed by atoms with Crippen LogP contribution in [0, 0.1) is 5.41 Å². The molecule has 232 valence electrons. The molecule has 2 aromatic rings. The zero-order valence-corrected chi connectivity index (χ0v) is 25.4. The summed E-state index contributed by atoms with van der Waals surface area (Å²) in [5.74, 6) is 1.42. The van der Waals surface area contributed by atoms with Gasteiger partial charge in [0.2, 0.25) is 5.88 Å². The van der Waals surface area contributed by atoms with E-state index in [1.165, 1.54) is 4.68 Å². The minimum atomic E-state index is -4.22. The van der Waals surface area contributed by atoms with E-state index in [-0.39, 0.29) is 49.2 Å². The highest BCUT2D eigenvalue weighted by Gasteiger charge is 2.62. The van der Waals surface area contributed by atoms with Crippen molar-refractivity contribution in [3.05, 3.63) is 55.0 Å². The molecule has 1 aliphatic carbocycles. The van der Waals surface area contributed by atoms with Crippen molar-refractivity contribution in [2.24, 2.45) is 10.4 Å². The van der Waals surface area contributed by atoms with Crippen molar-refractivity contribution in [2.45, 2.75) is 83.0 Å². The molecule has 1 saturated heterocycles. The van der Waals surface area contributed by atoms with Crippen molar-refractivity contribution >= 4 is 28.7 Å². The third kappa shape index (κ3) is 6.86. The Morgan fingerprint density at radius 3 is 2.70 bits per heavy atom. The van der Waals surface area contributed by atoms with Crippen LogP contribution in [0.2, 0.25) is 0 Å². The van der Waals surface area contributed by atoms with E-state index in [1.54, 1.807) is 30.5 Å². The quantitative estimate of drug-likeness (QED) is 0.366. The van der Waals surface area contributed by atoms with Crippen molar-refractivity contribution < 1.29 is 22.7 Å². The Morgan fingerprint density at radius 1 is 1.19 bits per heavy atom. The van der Waals surface area contributed by atoms with E-state index in [1.807, 2.05) is 0 Å². The molecule has 1 unspecified atom stereocenters. The van der Waals surface area contributed by atoms with E-state index in [2.05, 4.69) is 52.0 Å². The minimum Gasteiger partial charge on any atom is -0.477 e. The average Bonchev–Trinajstić information content (AvgIpc) is 3.51. The standard InChI is InChI=1S/C30H38F3N7O2S/c1-5-25-35-20(2)34-17-7-6-8-21-11-13-28(3,4)40(21)26-22(27(41)38-43-25)9-10-23(36-26)39-18-12-24(37-39)42-19-16-29(14-15-29)30(31,32)33/h5,9-10,12,18,21,34H,1-2,6-8,11,13-17,19H2,3-4H3,(H,38,41)/b35-25+. The lowest BCUT2D eigenvalue weighted by molar-refractivity contribution is -0.190. The lowest BCUT2D eigenvalue weighted by Gasteiger charge is -2.38. The molecule has 0 bridgehead atoms. The predicted octanol–water partition coefficient (Wildman–Crippen LogP) is 6.33. The lowest BCUT2D eigenvalue weighted by Crippen LogP contribution is -2.45. The van der Waals surface area contributed by atoms with E-state index in [0.29, 0.717) is 28.1 Å². The van der Waals surface area contributed by atoms with E-state index in [9.17, 15) is 18.0 Å². The summed E-state index contributed by atoms with van der Waals surface area (Å²) in [4.78, 5) is 25.2. The highest BCUT2D eigenvalue weighted by Crippen LogP contribution is 2.59. The van der Waals surface area contributed by atoms with Crippen LogP contribution in [0.25, 0.3) is 5.82 Å². The van der Waals surface area contributed by atoms with Gasteiger partial charge in [0.05, 0.1) is 17.6 Å². The third-order valence-electron chi connectivity index (χ3n) is 8.49. The summed E-state index contributed by atoms with van der Waals surface area (Å²) in [7, 11) is 0. The first-order valence-electron chi connectivity index (χ1n) is 14.6. The Kier molecular flexibility index (Phi) is 8.82. The van der Waals surface area contributed by atoms with Gasteiger partial charge in [-0.2, -0.15) is 13.2 Å². The van der Waals surface area contributed by atoms with E-state index < -0.39 is 11.6 Å². The maximum Gasteiger partial charge on any atom is 0.394 e. The Labute approximate surface area is 254 Å². The number of aromatic nitrogens is 3. The van der Waals surface area contributed by atoms with Crippen molar-refractivity contribution in [3.63, 3.8) is 0 Å². The number of nitrogens with zero attached hydrogens (tertiary/aromatic N) is 5. The van der Waals surface area contributed by atoms with Crippen LogP contribution in [-0.4, -0.2) is 56.6 Å². The van der Waals surface area contributed by atoms with Gasteiger partial charge >= 0.3 is 6.18 Å². The number of hydrogen-bond donors (Lipinski definition) is 2. The topological polar surface area (TPSA) is 96.7 Å². The maximum atomic E-state index is 13.6. The number of rotatable bonds is 6. The molecule has 13 heteroatoms. The molecule has 4 heterocycles. The molecule has 9 nitrogen and oxygen atoms in total. The number of fused-ring (bicyclic) bond motifs is 3. The summed E-state index contributed by atoms with van der Waals surface area (Å²) in [5.41, 5.74) is -1.46. The smallest absolute Gasteiger partial charge is 0.394 e. The van der Waals surface area contributed by atoms with Gasteiger partial charge in [-0.3, -0.25) is 9.52 Å². The van der Waals surface area contributed by atoms with Crippen LogP contribution >= 0.6 is 11.9 Å². The van der Waals surface area contributed by atoms with Gasteiger partial charge in [0.25, 0.3) is 5.91 Å². The molecule has 3 aliphatic rings. The number of carbonyl (C=O) groups is 1. The SMILES string of the molecule is C=C/C1=N\C(=C)NCCCCC2CCC(C)(C)N2c2nc(-n3ccc(OCCC4(C(F)(F)F)CC4)n3)ccc2C(=O)NS1. The normalized spacial score (nSPS) is 23.4. The average molecular weight is 618 g/mol. The monoisotopic (exact) mass is 617 g/mol. The summed E-state index contributed by atoms with van der Waals surface area (Å²) < 4.78 is 49.8. The van der Waals surface area contributed by atoms with Crippen LogP contribution in [-0.2, 0) is 0 Å². The van der Waals surface area contributed by atoms with Crippen molar-refractivity contribution in [1.29, 1.82) is 0 Å². The summed E-state index contributed by atoms with van der Waals surface area (Å²) in [6.07, 6.45) is 3.94. The van der Waals surface area contributed by atoms with Gasteiger partial charge in [0, 0.05) is 42.3 Å². The Morgan fingerprint density at radius 2 is 1.98 bits per heavy atom. The minimum absolute atomic E-state index is 0.0749. The molecule has 1 amide bonds. The summed E-state index contributed by atoms with van der Waals surface area (Å²) in [6, 6.07) is 5.21. The van der Waals surface area contributed by atoms with Crippen molar-refractivity contribution in [3.8, 4) is 11.7 Å². The third-order valence-corrected chi connectivity index (χ3v) is 9.24. The fourth-order valence-electron chi connectivity index (χ4n) is 5.79. The maximum absolute atomic E-state index is 13.6. The van der Waals surface area contributed by atoms with Gasteiger partial charge < -0.3 is 15.0 Å². The van der Waals surface area contributed by atoms with Crippen LogP contribution in [0.1, 0.15) is 75.6 Å². The highest BCUT2D eigenvalue weighted by molar-refractivity contribution is 8.13. The number of anilines is 1. The van der Waals surface area contributed by atoms with E-state index in [4.69, 9.17) is 9.72 Å². The van der Waals surface area contributed by atoms with Crippen LogP contribution in [0.3, 0.4) is 0 Å². The number of carbonyl (C=O) groups excluding carboxylic acids is 1. The molecule has 0 spiro atoms. The number of aliphatic imine (C=N–C) groups is 1. The fourth-order valence-corrected chi connectivity index (χ4v) is 6.33. The summed E-state index contributed by atoms with van der Waals surface area (Å²) >= 11 is 1.05. The molecule has 0 radical (unpaired) electrons. The summed E-state index contributed by atoms with van der Waals surface area (Å²) in [5, 5.41) is 8.15. The van der Waals surface area contributed by atoms with Crippen LogP contribution in [0.15, 0.2) is 54.4 Å².